The summed E-state index contributed by atoms with van der Waals surface area (Å²) < 4.78 is 9.42. The molecule has 0 amide bonds. The van der Waals surface area contributed by atoms with Crippen LogP contribution in [0.3, 0.4) is 0 Å². The fourth-order valence-corrected chi connectivity index (χ4v) is 10.4. The van der Waals surface area contributed by atoms with Gasteiger partial charge in [-0.05, 0) is 72.8 Å². The zero-order valence-electron chi connectivity index (χ0n) is 31.0. The molecule has 5 nitrogen and oxygen atoms in total. The topological polar surface area (TPSA) is 40.6 Å². The molecule has 13 aromatic rings. The van der Waals surface area contributed by atoms with E-state index in [1.54, 1.807) is 11.3 Å². The van der Waals surface area contributed by atoms with Gasteiger partial charge in [0.15, 0.2) is 5.82 Å². The van der Waals surface area contributed by atoms with Gasteiger partial charge in [0.1, 0.15) is 0 Å². The third-order valence-electron chi connectivity index (χ3n) is 11.9. The molecule has 0 unspecified atom stereocenters. The van der Waals surface area contributed by atoms with Crippen molar-refractivity contribution in [2.24, 2.45) is 0 Å². The lowest BCUT2D eigenvalue weighted by Crippen LogP contribution is -2.01. The SMILES string of the molecule is c1ccc(-n2c3ccccc3c3cc(-n4c5ccccc5c5ccccc54)c(-c4ncc5sc6ccc(-n7c8ccccc8c8ccccc87)cc6c5n4)cc32)cc1. The molecule has 5 aromatic heterocycles. The molecule has 0 atom stereocenters. The van der Waals surface area contributed by atoms with Gasteiger partial charge in [-0.3, -0.25) is 0 Å². The number of rotatable bonds is 4. The number of para-hydroxylation sites is 6. The molecule has 5 heterocycles. The van der Waals surface area contributed by atoms with Crippen molar-refractivity contribution in [3.05, 3.63) is 188 Å². The Morgan fingerprint density at radius 2 is 0.862 bits per heavy atom. The maximum Gasteiger partial charge on any atom is 0.162 e. The Bertz CT molecular complexity index is 3700. The molecule has 0 N–H and O–H groups in total. The average Bonchev–Trinajstić information content (AvgIpc) is 4.02. The molecule has 0 fully saturated rings. The second-order valence-corrected chi connectivity index (χ2v) is 16.1. The van der Waals surface area contributed by atoms with Gasteiger partial charge in [-0.15, -0.1) is 11.3 Å². The molecule has 8 aromatic carbocycles. The van der Waals surface area contributed by atoms with Gasteiger partial charge in [-0.25, -0.2) is 9.97 Å². The molecule has 0 spiro atoms. The van der Waals surface area contributed by atoms with Crippen LogP contribution in [0.4, 0.5) is 0 Å². The fraction of sp³-hybridized carbons (Fsp3) is 0. The van der Waals surface area contributed by atoms with E-state index in [9.17, 15) is 0 Å². The second-order valence-electron chi connectivity index (χ2n) is 15.0. The molecule has 6 heteroatoms. The Labute approximate surface area is 335 Å². The van der Waals surface area contributed by atoms with Crippen LogP contribution in [-0.4, -0.2) is 23.7 Å². The van der Waals surface area contributed by atoms with Crippen LogP contribution >= 0.6 is 11.3 Å². The lowest BCUT2D eigenvalue weighted by atomic mass is 10.1. The standard InChI is InChI=1S/C52H31N5S/c1-2-14-32(15-3-1)55-44-23-11-8-20-38(44)39-29-48(57-45-24-12-6-18-36(45)37-19-7-13-25-46(37)57)40(30-47(39)55)52-53-31-50-51(54-52)41-28-33(26-27-49(41)58-50)56-42-21-9-4-16-34(42)35-17-5-10-22-43(35)56/h1-31H. The van der Waals surface area contributed by atoms with Gasteiger partial charge in [0.25, 0.3) is 0 Å². The van der Waals surface area contributed by atoms with E-state index in [1.165, 1.54) is 48.1 Å². The highest BCUT2D eigenvalue weighted by Gasteiger charge is 2.23. The van der Waals surface area contributed by atoms with Crippen molar-refractivity contribution < 1.29 is 0 Å². The van der Waals surface area contributed by atoms with Gasteiger partial charge in [-0.1, -0.05) is 109 Å². The molecule has 13 rings (SSSR count). The third kappa shape index (κ3) is 4.40. The Hall–Kier alpha value is -7.54. The number of aromatic nitrogens is 5. The molecule has 270 valence electrons. The lowest BCUT2D eigenvalue weighted by Gasteiger charge is -2.15. The average molecular weight is 758 g/mol. The quantitative estimate of drug-likeness (QED) is 0.179. The normalized spacial score (nSPS) is 12.1. The summed E-state index contributed by atoms with van der Waals surface area (Å²) in [6.45, 7) is 0. The molecule has 0 radical (unpaired) electrons. The molecular weight excluding hydrogens is 727 g/mol. The van der Waals surface area contributed by atoms with E-state index in [4.69, 9.17) is 9.97 Å². The van der Waals surface area contributed by atoms with Crippen LogP contribution in [-0.2, 0) is 0 Å². The summed E-state index contributed by atoms with van der Waals surface area (Å²) in [7, 11) is 0. The maximum absolute atomic E-state index is 5.54. The van der Waals surface area contributed by atoms with E-state index in [1.807, 2.05) is 6.20 Å². The summed E-state index contributed by atoms with van der Waals surface area (Å²) >= 11 is 1.75. The van der Waals surface area contributed by atoms with E-state index in [2.05, 4.69) is 196 Å². The predicted octanol–water partition coefficient (Wildman–Crippen LogP) is 13.8. The van der Waals surface area contributed by atoms with E-state index >= 15 is 0 Å². The first-order valence-electron chi connectivity index (χ1n) is 19.6. The molecule has 0 bridgehead atoms. The number of nitrogens with zero attached hydrogens (tertiary/aromatic N) is 5. The molecule has 0 aliphatic rings. The van der Waals surface area contributed by atoms with E-state index in [-0.39, 0.29) is 0 Å². The zero-order chi connectivity index (χ0) is 37.9. The summed E-state index contributed by atoms with van der Waals surface area (Å²) in [5.41, 5.74) is 12.2. The van der Waals surface area contributed by atoms with E-state index < -0.39 is 0 Å². The molecule has 0 aliphatic carbocycles. The molecule has 0 aliphatic heterocycles. The van der Waals surface area contributed by atoms with Crippen molar-refractivity contribution in [1.82, 2.24) is 23.7 Å². The number of hydrogen-bond donors (Lipinski definition) is 0. The van der Waals surface area contributed by atoms with E-state index in [0.29, 0.717) is 5.82 Å². The Morgan fingerprint density at radius 3 is 1.45 bits per heavy atom. The minimum absolute atomic E-state index is 0.693. The first kappa shape index (κ1) is 31.6. The van der Waals surface area contributed by atoms with Gasteiger partial charge < -0.3 is 13.7 Å². The summed E-state index contributed by atoms with van der Waals surface area (Å²) in [6.07, 6.45) is 2.02. The Kier molecular flexibility index (Phi) is 6.54. The molecular formula is C52H31N5S. The highest BCUT2D eigenvalue weighted by Crippen LogP contribution is 2.43. The highest BCUT2D eigenvalue weighted by molar-refractivity contribution is 7.25. The number of thiophene rings is 1. The molecule has 0 saturated heterocycles. The minimum Gasteiger partial charge on any atom is -0.309 e. The highest BCUT2D eigenvalue weighted by atomic mass is 32.1. The first-order chi connectivity index (χ1) is 28.8. The molecule has 58 heavy (non-hydrogen) atoms. The van der Waals surface area contributed by atoms with Crippen LogP contribution < -0.4 is 0 Å². The van der Waals surface area contributed by atoms with Crippen molar-refractivity contribution in [3.8, 4) is 28.5 Å². The predicted molar refractivity (Wildman–Crippen MR) is 243 cm³/mol. The van der Waals surface area contributed by atoms with Crippen LogP contribution in [0, 0.1) is 0 Å². The Morgan fingerprint density at radius 1 is 0.362 bits per heavy atom. The summed E-state index contributed by atoms with van der Waals surface area (Å²) in [6, 6.07) is 65.6. The summed E-state index contributed by atoms with van der Waals surface area (Å²) in [5, 5.41) is 8.44. The monoisotopic (exact) mass is 757 g/mol. The maximum atomic E-state index is 5.54. The summed E-state index contributed by atoms with van der Waals surface area (Å²) in [4.78, 5) is 10.7. The first-order valence-corrected chi connectivity index (χ1v) is 20.4. The van der Waals surface area contributed by atoms with Crippen LogP contribution in [0.2, 0.25) is 0 Å². The van der Waals surface area contributed by atoms with Gasteiger partial charge in [0, 0.05) is 65.5 Å². The van der Waals surface area contributed by atoms with Crippen molar-refractivity contribution in [3.63, 3.8) is 0 Å². The van der Waals surface area contributed by atoms with Crippen molar-refractivity contribution >= 4 is 97.1 Å². The van der Waals surface area contributed by atoms with Crippen LogP contribution in [0.15, 0.2) is 188 Å². The van der Waals surface area contributed by atoms with Crippen LogP contribution in [0.5, 0.6) is 0 Å². The van der Waals surface area contributed by atoms with Gasteiger partial charge in [0.2, 0.25) is 0 Å². The summed E-state index contributed by atoms with van der Waals surface area (Å²) in [5.74, 6) is 0.693. The zero-order valence-corrected chi connectivity index (χ0v) is 31.9. The van der Waals surface area contributed by atoms with Gasteiger partial charge in [0.05, 0.1) is 49.0 Å². The second kappa shape index (κ2) is 12.0. The lowest BCUT2D eigenvalue weighted by molar-refractivity contribution is 1.15. The number of hydrogen-bond acceptors (Lipinski definition) is 3. The fourth-order valence-electron chi connectivity index (χ4n) is 9.42. The number of fused-ring (bicyclic) bond motifs is 12. The van der Waals surface area contributed by atoms with Crippen molar-refractivity contribution in [2.45, 2.75) is 0 Å². The van der Waals surface area contributed by atoms with Gasteiger partial charge >= 0.3 is 0 Å². The van der Waals surface area contributed by atoms with Gasteiger partial charge in [-0.2, -0.15) is 0 Å². The van der Waals surface area contributed by atoms with Crippen molar-refractivity contribution in [1.29, 1.82) is 0 Å². The number of benzene rings is 8. The molecule has 0 saturated carbocycles. The minimum atomic E-state index is 0.693. The van der Waals surface area contributed by atoms with Crippen LogP contribution in [0.1, 0.15) is 0 Å². The van der Waals surface area contributed by atoms with Crippen molar-refractivity contribution in [2.75, 3.05) is 0 Å². The smallest absolute Gasteiger partial charge is 0.162 e. The van der Waals surface area contributed by atoms with E-state index in [0.717, 1.165) is 60.3 Å². The van der Waals surface area contributed by atoms with Crippen LogP contribution in [0.25, 0.3) is 114 Å². The third-order valence-corrected chi connectivity index (χ3v) is 13.0. The Balaban J connectivity index is 1.12. The largest absolute Gasteiger partial charge is 0.309 e.